The fourth-order valence-electron chi connectivity index (χ4n) is 3.14. The van der Waals surface area contributed by atoms with E-state index in [0.717, 1.165) is 18.8 Å². The van der Waals surface area contributed by atoms with Gasteiger partial charge in [0.1, 0.15) is 5.82 Å². The zero-order valence-corrected chi connectivity index (χ0v) is 15.0. The van der Waals surface area contributed by atoms with Gasteiger partial charge in [-0.2, -0.15) is 0 Å². The molecule has 1 aliphatic rings. The summed E-state index contributed by atoms with van der Waals surface area (Å²) >= 11 is 0. The molecule has 0 aromatic heterocycles. The van der Waals surface area contributed by atoms with Crippen LogP contribution in [0.1, 0.15) is 5.56 Å². The molecule has 0 saturated carbocycles. The van der Waals surface area contributed by atoms with Crippen molar-refractivity contribution in [2.45, 2.75) is 6.92 Å². The Balaban J connectivity index is 1.51. The molecule has 1 saturated heterocycles. The lowest BCUT2D eigenvalue weighted by molar-refractivity contribution is -0.385. The summed E-state index contributed by atoms with van der Waals surface area (Å²) in [6, 6.07) is 10.8. The minimum atomic E-state index is -0.378. The van der Waals surface area contributed by atoms with E-state index in [1.54, 1.807) is 13.0 Å². The van der Waals surface area contributed by atoms with Crippen molar-refractivity contribution in [1.82, 2.24) is 4.90 Å². The average molecular weight is 372 g/mol. The molecule has 2 aromatic rings. The molecule has 1 fully saturated rings. The summed E-state index contributed by atoms with van der Waals surface area (Å²) in [5, 5.41) is 13.7. The van der Waals surface area contributed by atoms with Gasteiger partial charge in [0.2, 0.25) is 5.91 Å². The molecule has 142 valence electrons. The van der Waals surface area contributed by atoms with E-state index in [9.17, 15) is 19.3 Å². The van der Waals surface area contributed by atoms with Crippen molar-refractivity contribution in [3.63, 3.8) is 0 Å². The topological polar surface area (TPSA) is 78.7 Å². The van der Waals surface area contributed by atoms with Crippen molar-refractivity contribution in [3.05, 3.63) is 64.0 Å². The van der Waals surface area contributed by atoms with Gasteiger partial charge >= 0.3 is 0 Å². The fraction of sp³-hybridized carbons (Fsp3) is 0.316. The van der Waals surface area contributed by atoms with E-state index in [4.69, 9.17) is 0 Å². The molecule has 1 heterocycles. The number of anilines is 2. The Hall–Kier alpha value is -3.00. The van der Waals surface area contributed by atoms with Gasteiger partial charge in [0.05, 0.1) is 11.5 Å². The van der Waals surface area contributed by atoms with Gasteiger partial charge in [-0.3, -0.25) is 19.8 Å². The number of nitro groups is 1. The van der Waals surface area contributed by atoms with E-state index in [1.165, 1.54) is 30.3 Å². The van der Waals surface area contributed by atoms with Crippen LogP contribution in [0.5, 0.6) is 0 Å². The Morgan fingerprint density at radius 1 is 1.15 bits per heavy atom. The number of nitro benzene ring substituents is 1. The number of nitrogens with one attached hydrogen (secondary N) is 1. The van der Waals surface area contributed by atoms with Crippen molar-refractivity contribution in [1.29, 1.82) is 0 Å². The molecule has 8 heteroatoms. The van der Waals surface area contributed by atoms with Crippen LogP contribution in [0.2, 0.25) is 0 Å². The normalized spacial score (nSPS) is 14.8. The van der Waals surface area contributed by atoms with Crippen LogP contribution in [-0.2, 0) is 4.79 Å². The number of aryl methyl sites for hydroxylation is 1. The number of benzene rings is 2. The van der Waals surface area contributed by atoms with E-state index in [1.807, 2.05) is 11.0 Å². The number of hydrogen-bond donors (Lipinski definition) is 1. The lowest BCUT2D eigenvalue weighted by Gasteiger charge is -2.35. The second-order valence-electron chi connectivity index (χ2n) is 6.55. The van der Waals surface area contributed by atoms with E-state index >= 15 is 0 Å². The van der Waals surface area contributed by atoms with E-state index in [-0.39, 0.29) is 28.9 Å². The molecule has 1 aliphatic heterocycles. The Bertz CT molecular complexity index is 833. The minimum absolute atomic E-state index is 0.120. The van der Waals surface area contributed by atoms with Gasteiger partial charge in [-0.05, 0) is 43.3 Å². The highest BCUT2D eigenvalue weighted by atomic mass is 19.1. The van der Waals surface area contributed by atoms with Gasteiger partial charge in [0.15, 0.2) is 0 Å². The molecule has 0 unspecified atom stereocenters. The number of carbonyl (C=O) groups excluding carboxylic acids is 1. The van der Waals surface area contributed by atoms with E-state index < -0.39 is 0 Å². The van der Waals surface area contributed by atoms with Crippen LogP contribution in [0, 0.1) is 22.9 Å². The molecular formula is C19H21FN4O3. The number of amides is 1. The maximum absolute atomic E-state index is 12.9. The number of nitrogens with zero attached hydrogens (tertiary/aromatic N) is 3. The smallest absolute Gasteiger partial charge is 0.272 e. The van der Waals surface area contributed by atoms with E-state index in [2.05, 4.69) is 10.2 Å². The van der Waals surface area contributed by atoms with Gasteiger partial charge in [0.25, 0.3) is 5.69 Å². The summed E-state index contributed by atoms with van der Waals surface area (Å²) in [5.41, 5.74) is 2.28. The summed E-state index contributed by atoms with van der Waals surface area (Å²) in [6.07, 6.45) is 0. The highest BCUT2D eigenvalue weighted by Gasteiger charge is 2.20. The molecule has 1 N–H and O–H groups in total. The number of halogens is 1. The van der Waals surface area contributed by atoms with Crippen molar-refractivity contribution < 1.29 is 14.1 Å². The second-order valence-corrected chi connectivity index (χ2v) is 6.55. The van der Waals surface area contributed by atoms with Gasteiger partial charge in [-0.25, -0.2) is 4.39 Å². The third-order valence-electron chi connectivity index (χ3n) is 4.61. The molecule has 0 spiro atoms. The first-order chi connectivity index (χ1) is 12.9. The zero-order chi connectivity index (χ0) is 19.4. The minimum Gasteiger partial charge on any atom is -0.369 e. The van der Waals surface area contributed by atoms with Gasteiger partial charge in [-0.15, -0.1) is 0 Å². The lowest BCUT2D eigenvalue weighted by Crippen LogP contribution is -2.48. The quantitative estimate of drug-likeness (QED) is 0.645. The Morgan fingerprint density at radius 2 is 1.81 bits per heavy atom. The SMILES string of the molecule is Cc1cc(N2CCN(CC(=O)Nc3ccc(F)cc3)CC2)ccc1[N+](=O)[O-]. The third-order valence-corrected chi connectivity index (χ3v) is 4.61. The predicted octanol–water partition coefficient (Wildman–Crippen LogP) is 2.80. The van der Waals surface area contributed by atoms with Crippen LogP contribution in [0.25, 0.3) is 0 Å². The average Bonchev–Trinajstić information content (AvgIpc) is 2.64. The highest BCUT2D eigenvalue weighted by Crippen LogP contribution is 2.25. The number of hydrogen-bond acceptors (Lipinski definition) is 5. The van der Waals surface area contributed by atoms with Crippen molar-refractivity contribution in [2.75, 3.05) is 42.9 Å². The van der Waals surface area contributed by atoms with E-state index in [0.29, 0.717) is 24.3 Å². The summed E-state index contributed by atoms with van der Waals surface area (Å²) in [7, 11) is 0. The molecule has 0 radical (unpaired) electrons. The van der Waals surface area contributed by atoms with Crippen molar-refractivity contribution >= 4 is 23.0 Å². The van der Waals surface area contributed by atoms with Crippen LogP contribution < -0.4 is 10.2 Å². The molecule has 2 aromatic carbocycles. The molecule has 1 amide bonds. The summed E-state index contributed by atoms with van der Waals surface area (Å²) in [4.78, 5) is 26.9. The fourth-order valence-corrected chi connectivity index (χ4v) is 3.14. The van der Waals surface area contributed by atoms with Crippen LogP contribution in [0.15, 0.2) is 42.5 Å². The molecule has 3 rings (SSSR count). The summed E-state index contributed by atoms with van der Waals surface area (Å²) < 4.78 is 12.9. The largest absolute Gasteiger partial charge is 0.369 e. The van der Waals surface area contributed by atoms with Gasteiger partial charge in [-0.1, -0.05) is 0 Å². The monoisotopic (exact) mass is 372 g/mol. The Kier molecular flexibility index (Phi) is 5.66. The first-order valence-electron chi connectivity index (χ1n) is 8.70. The Labute approximate surface area is 156 Å². The molecule has 7 nitrogen and oxygen atoms in total. The third kappa shape index (κ3) is 4.79. The number of piperazine rings is 1. The van der Waals surface area contributed by atoms with Crippen LogP contribution in [-0.4, -0.2) is 48.5 Å². The van der Waals surface area contributed by atoms with Crippen LogP contribution >= 0.6 is 0 Å². The number of rotatable bonds is 5. The standard InChI is InChI=1S/C19H21FN4O3/c1-14-12-17(6-7-18(14)24(26)27)23-10-8-22(9-11-23)13-19(25)21-16-4-2-15(20)3-5-16/h2-7,12H,8-11,13H2,1H3,(H,21,25). The van der Waals surface area contributed by atoms with Crippen molar-refractivity contribution in [2.24, 2.45) is 0 Å². The Morgan fingerprint density at radius 3 is 2.41 bits per heavy atom. The first-order valence-corrected chi connectivity index (χ1v) is 8.70. The molecule has 0 bridgehead atoms. The van der Waals surface area contributed by atoms with Crippen LogP contribution in [0.3, 0.4) is 0 Å². The second kappa shape index (κ2) is 8.13. The molecule has 0 aliphatic carbocycles. The maximum atomic E-state index is 12.9. The molecular weight excluding hydrogens is 351 g/mol. The molecule has 27 heavy (non-hydrogen) atoms. The highest BCUT2D eigenvalue weighted by molar-refractivity contribution is 5.92. The first kappa shape index (κ1) is 18.8. The summed E-state index contributed by atoms with van der Waals surface area (Å²) in [6.45, 7) is 4.91. The zero-order valence-electron chi connectivity index (χ0n) is 15.0. The van der Waals surface area contributed by atoms with Crippen LogP contribution in [0.4, 0.5) is 21.5 Å². The summed E-state index contributed by atoms with van der Waals surface area (Å²) in [5.74, 6) is -0.480. The lowest BCUT2D eigenvalue weighted by atomic mass is 10.1. The van der Waals surface area contributed by atoms with Gasteiger partial charge in [0, 0.05) is 49.2 Å². The molecule has 0 atom stereocenters. The van der Waals surface area contributed by atoms with Crippen molar-refractivity contribution in [3.8, 4) is 0 Å². The predicted molar refractivity (Wildman–Crippen MR) is 102 cm³/mol. The van der Waals surface area contributed by atoms with Gasteiger partial charge < -0.3 is 10.2 Å². The number of carbonyl (C=O) groups is 1. The maximum Gasteiger partial charge on any atom is 0.272 e.